The number of halogens is 1. The summed E-state index contributed by atoms with van der Waals surface area (Å²) >= 11 is 3.41. The van der Waals surface area contributed by atoms with Gasteiger partial charge < -0.3 is 4.98 Å². The van der Waals surface area contributed by atoms with E-state index in [0.29, 0.717) is 0 Å². The molecule has 0 fully saturated rings. The molecule has 0 aliphatic carbocycles. The maximum atomic E-state index is 4.20. The molecule has 0 aliphatic heterocycles. The van der Waals surface area contributed by atoms with Crippen molar-refractivity contribution in [2.75, 3.05) is 5.33 Å². The van der Waals surface area contributed by atoms with Crippen LogP contribution in [0.3, 0.4) is 0 Å². The minimum atomic E-state index is 0. The van der Waals surface area contributed by atoms with Gasteiger partial charge in [-0.1, -0.05) is 40.9 Å². The quantitative estimate of drug-likeness (QED) is 0.381. The summed E-state index contributed by atoms with van der Waals surface area (Å²) in [5.74, 6) is 0. The van der Waals surface area contributed by atoms with E-state index in [2.05, 4.69) is 27.0 Å². The first-order valence-electron chi connectivity index (χ1n) is 4.06. The molecule has 0 amide bonds. The largest absolute Gasteiger partial charge is 1.00 e. The van der Waals surface area contributed by atoms with Crippen molar-refractivity contribution < 1.29 is 18.9 Å². The molecule has 1 heterocycles. The Labute approximate surface area is 94.6 Å². The molecule has 1 aromatic heterocycles. The van der Waals surface area contributed by atoms with Gasteiger partial charge in [-0.25, -0.2) is 0 Å². The van der Waals surface area contributed by atoms with Gasteiger partial charge in [-0.15, -0.1) is 0 Å². The molecule has 0 saturated carbocycles. The summed E-state index contributed by atoms with van der Waals surface area (Å²) in [6.45, 7) is 0. The second kappa shape index (κ2) is 7.98. The van der Waals surface area contributed by atoms with Gasteiger partial charge in [-0.2, -0.15) is 11.9 Å². The van der Waals surface area contributed by atoms with Crippen molar-refractivity contribution in [1.82, 2.24) is 4.98 Å². The Bertz CT molecular complexity index is 175. The first-order valence-corrected chi connectivity index (χ1v) is 5.18. The van der Waals surface area contributed by atoms with E-state index in [0.717, 1.165) is 11.8 Å². The van der Waals surface area contributed by atoms with Crippen LogP contribution in [0.2, 0.25) is 0 Å². The molecule has 0 radical (unpaired) electrons. The molecule has 0 saturated heterocycles. The Hall–Kier alpha value is 0.357. The molecule has 0 N–H and O–H groups in total. The molecule has 0 aromatic carbocycles. The van der Waals surface area contributed by atoms with Crippen LogP contribution in [0, 0.1) is 0 Å². The van der Waals surface area contributed by atoms with Crippen LogP contribution < -0.4 is 23.8 Å². The van der Waals surface area contributed by atoms with Crippen LogP contribution in [-0.2, 0) is 6.42 Å². The molecule has 0 aliphatic rings. The van der Waals surface area contributed by atoms with Crippen LogP contribution in [0.4, 0.5) is 0 Å². The van der Waals surface area contributed by atoms with Crippen molar-refractivity contribution in [3.63, 3.8) is 0 Å². The first-order chi connectivity index (χ1) is 5.43. The third-order valence-corrected chi connectivity index (χ3v) is 2.24. The standard InChI is InChI=1S/C9H13BrN.Li/c10-7-3-1-2-5-9-6-4-8-11-9;/h4,6,8H,1-3,5,7H2;/q-1;+1. The minimum absolute atomic E-state index is 0. The van der Waals surface area contributed by atoms with Gasteiger partial charge in [-0.05, 0) is 12.8 Å². The van der Waals surface area contributed by atoms with E-state index >= 15 is 0 Å². The summed E-state index contributed by atoms with van der Waals surface area (Å²) < 4.78 is 0. The fraction of sp³-hybridized carbons (Fsp3) is 0.556. The fourth-order valence-electron chi connectivity index (χ4n) is 1.06. The summed E-state index contributed by atoms with van der Waals surface area (Å²) in [4.78, 5) is 4.20. The van der Waals surface area contributed by atoms with Gasteiger partial charge in [0.2, 0.25) is 0 Å². The maximum Gasteiger partial charge on any atom is 1.00 e. The molecule has 1 aromatic rings. The van der Waals surface area contributed by atoms with Gasteiger partial charge >= 0.3 is 18.9 Å². The van der Waals surface area contributed by atoms with E-state index in [-0.39, 0.29) is 18.9 Å². The molecule has 1 nitrogen and oxygen atoms in total. The van der Waals surface area contributed by atoms with Gasteiger partial charge in [0.05, 0.1) is 0 Å². The second-order valence-electron chi connectivity index (χ2n) is 2.63. The van der Waals surface area contributed by atoms with Crippen LogP contribution in [-0.4, -0.2) is 5.33 Å². The number of unbranched alkanes of at least 4 members (excludes halogenated alkanes) is 2. The van der Waals surface area contributed by atoms with Crippen LogP contribution in [0.5, 0.6) is 0 Å². The Balaban J connectivity index is 0.00000121. The van der Waals surface area contributed by atoms with Crippen molar-refractivity contribution in [2.24, 2.45) is 0 Å². The van der Waals surface area contributed by atoms with Gasteiger partial charge in [0.1, 0.15) is 0 Å². The van der Waals surface area contributed by atoms with E-state index in [1.54, 1.807) is 0 Å². The second-order valence-corrected chi connectivity index (χ2v) is 3.42. The normalized spacial score (nSPS) is 9.42. The number of rotatable bonds is 5. The SMILES string of the molecule is BrCCCCCc1ccc[n-]1.[Li+]. The molecule has 62 valence electrons. The van der Waals surface area contributed by atoms with Crippen molar-refractivity contribution in [3.05, 3.63) is 24.0 Å². The Kier molecular flexibility index (Phi) is 8.22. The van der Waals surface area contributed by atoms with Crippen molar-refractivity contribution in [3.8, 4) is 0 Å². The molecule has 0 spiro atoms. The number of nitrogens with zero attached hydrogens (tertiary/aromatic N) is 1. The number of alkyl halides is 1. The average molecular weight is 222 g/mol. The summed E-state index contributed by atoms with van der Waals surface area (Å²) in [6, 6.07) is 4.09. The number of aryl methyl sites for hydroxylation is 1. The summed E-state index contributed by atoms with van der Waals surface area (Å²) in [7, 11) is 0. The van der Waals surface area contributed by atoms with Crippen LogP contribution in [0.1, 0.15) is 25.0 Å². The molecular formula is C9H13BrLiN. The van der Waals surface area contributed by atoms with Crippen molar-refractivity contribution in [2.45, 2.75) is 25.7 Å². The molecular weight excluding hydrogens is 209 g/mol. The summed E-state index contributed by atoms with van der Waals surface area (Å²) in [6.07, 6.45) is 6.85. The van der Waals surface area contributed by atoms with Crippen LogP contribution >= 0.6 is 15.9 Å². The van der Waals surface area contributed by atoms with E-state index in [1.165, 1.54) is 25.0 Å². The third kappa shape index (κ3) is 5.08. The predicted octanol–water partition coefficient (Wildman–Crippen LogP) is -0.245. The van der Waals surface area contributed by atoms with Gasteiger partial charge in [0, 0.05) is 5.33 Å². The number of hydrogen-bond acceptors (Lipinski definition) is 0. The average Bonchev–Trinajstić information content (AvgIpc) is 2.50. The van der Waals surface area contributed by atoms with Gasteiger partial charge in [-0.3, -0.25) is 0 Å². The maximum absolute atomic E-state index is 4.20. The summed E-state index contributed by atoms with van der Waals surface area (Å²) in [5, 5.41) is 1.13. The van der Waals surface area contributed by atoms with Gasteiger partial charge in [0.15, 0.2) is 0 Å². The van der Waals surface area contributed by atoms with Crippen LogP contribution in [0.15, 0.2) is 18.3 Å². The van der Waals surface area contributed by atoms with Crippen LogP contribution in [0.25, 0.3) is 0 Å². The Morgan fingerprint density at radius 3 is 2.67 bits per heavy atom. The van der Waals surface area contributed by atoms with Crippen molar-refractivity contribution >= 4 is 15.9 Å². The fourth-order valence-corrected chi connectivity index (χ4v) is 1.46. The van der Waals surface area contributed by atoms with E-state index in [1.807, 2.05) is 12.3 Å². The predicted molar refractivity (Wildman–Crippen MR) is 51.1 cm³/mol. The molecule has 0 unspecified atom stereocenters. The zero-order valence-corrected chi connectivity index (χ0v) is 9.18. The van der Waals surface area contributed by atoms with E-state index < -0.39 is 0 Å². The molecule has 3 heteroatoms. The molecule has 1 rings (SSSR count). The molecule has 0 bridgehead atoms. The van der Waals surface area contributed by atoms with Gasteiger partial charge in [0.25, 0.3) is 0 Å². The van der Waals surface area contributed by atoms with Crippen molar-refractivity contribution in [1.29, 1.82) is 0 Å². The third-order valence-electron chi connectivity index (χ3n) is 1.68. The molecule has 0 atom stereocenters. The van der Waals surface area contributed by atoms with E-state index in [9.17, 15) is 0 Å². The zero-order chi connectivity index (χ0) is 7.94. The zero-order valence-electron chi connectivity index (χ0n) is 7.59. The minimum Gasteiger partial charge on any atom is -0.668 e. The number of hydrogen-bond donors (Lipinski definition) is 0. The molecule has 12 heavy (non-hydrogen) atoms. The first kappa shape index (κ1) is 12.4. The Morgan fingerprint density at radius 1 is 1.25 bits per heavy atom. The summed E-state index contributed by atoms with van der Waals surface area (Å²) in [5.41, 5.74) is 1.24. The Morgan fingerprint density at radius 2 is 2.08 bits per heavy atom. The monoisotopic (exact) mass is 221 g/mol. The van der Waals surface area contributed by atoms with E-state index in [4.69, 9.17) is 0 Å². The smallest absolute Gasteiger partial charge is 0.668 e. The number of aromatic nitrogens is 1. The topological polar surface area (TPSA) is 14.1 Å².